The Labute approximate surface area is 124 Å². The first-order valence-corrected chi connectivity index (χ1v) is 7.03. The van der Waals surface area contributed by atoms with Crippen LogP contribution in [0, 0.1) is 20.8 Å². The van der Waals surface area contributed by atoms with Crippen molar-refractivity contribution in [2.75, 3.05) is 5.73 Å². The van der Waals surface area contributed by atoms with Crippen LogP contribution in [0.3, 0.4) is 0 Å². The lowest BCUT2D eigenvalue weighted by atomic mass is 10.1. The van der Waals surface area contributed by atoms with Crippen molar-refractivity contribution in [1.82, 2.24) is 9.78 Å². The van der Waals surface area contributed by atoms with Crippen LogP contribution in [0.1, 0.15) is 29.4 Å². The second kappa shape index (κ2) is 5.75. The third kappa shape index (κ3) is 2.75. The van der Waals surface area contributed by atoms with Crippen LogP contribution in [0.5, 0.6) is 5.75 Å². The van der Waals surface area contributed by atoms with E-state index in [4.69, 9.17) is 22.1 Å². The number of aromatic nitrogens is 2. The van der Waals surface area contributed by atoms with Crippen molar-refractivity contribution in [2.45, 2.75) is 40.8 Å². The number of halogens is 1. The van der Waals surface area contributed by atoms with Gasteiger partial charge in [-0.25, -0.2) is 0 Å². The summed E-state index contributed by atoms with van der Waals surface area (Å²) in [5.41, 5.74) is 10.5. The van der Waals surface area contributed by atoms with Gasteiger partial charge in [-0.05, 0) is 38.8 Å². The van der Waals surface area contributed by atoms with Gasteiger partial charge in [0, 0.05) is 18.3 Å². The van der Waals surface area contributed by atoms with Gasteiger partial charge < -0.3 is 10.5 Å². The van der Waals surface area contributed by atoms with Crippen LogP contribution in [0.4, 0.5) is 5.69 Å². The highest BCUT2D eigenvalue weighted by molar-refractivity contribution is 6.31. The summed E-state index contributed by atoms with van der Waals surface area (Å²) in [4.78, 5) is 0. The summed E-state index contributed by atoms with van der Waals surface area (Å²) in [5.74, 6) is 0.783. The van der Waals surface area contributed by atoms with Crippen LogP contribution in [-0.4, -0.2) is 9.78 Å². The van der Waals surface area contributed by atoms with E-state index in [1.807, 2.05) is 44.5 Å². The highest BCUT2D eigenvalue weighted by Crippen LogP contribution is 2.27. The number of ether oxygens (including phenoxy) is 1. The highest BCUT2D eigenvalue weighted by atomic mass is 35.5. The van der Waals surface area contributed by atoms with E-state index in [0.29, 0.717) is 11.6 Å². The molecule has 0 fully saturated rings. The fourth-order valence-electron chi connectivity index (χ4n) is 2.16. The Hall–Kier alpha value is -1.68. The van der Waals surface area contributed by atoms with Crippen LogP contribution in [0.25, 0.3) is 0 Å². The second-order valence-corrected chi connectivity index (χ2v) is 5.30. The minimum atomic E-state index is 0.386. The molecule has 0 amide bonds. The molecule has 0 aliphatic carbocycles. The zero-order valence-corrected chi connectivity index (χ0v) is 13.1. The van der Waals surface area contributed by atoms with E-state index in [1.165, 1.54) is 0 Å². The fraction of sp³-hybridized carbons (Fsp3) is 0.400. The zero-order chi connectivity index (χ0) is 14.9. The van der Waals surface area contributed by atoms with E-state index >= 15 is 0 Å². The number of benzene rings is 1. The standard InChI is InChI=1S/C15H20ClN3O/c1-5-19-13(15(16)11(4)18-19)8-20-14-7-12(17)9(2)6-10(14)3/h6-7H,5,8,17H2,1-4H3. The summed E-state index contributed by atoms with van der Waals surface area (Å²) in [6.45, 7) is 9.07. The van der Waals surface area contributed by atoms with Gasteiger partial charge >= 0.3 is 0 Å². The van der Waals surface area contributed by atoms with Crippen LogP contribution in [0.2, 0.25) is 5.02 Å². The van der Waals surface area contributed by atoms with Crippen molar-refractivity contribution in [3.63, 3.8) is 0 Å². The van der Waals surface area contributed by atoms with Crippen molar-refractivity contribution >= 4 is 17.3 Å². The molecule has 5 heteroatoms. The summed E-state index contributed by atoms with van der Waals surface area (Å²) < 4.78 is 7.74. The average Bonchev–Trinajstić information content (AvgIpc) is 2.68. The second-order valence-electron chi connectivity index (χ2n) is 4.92. The van der Waals surface area contributed by atoms with Crippen LogP contribution >= 0.6 is 11.6 Å². The van der Waals surface area contributed by atoms with Crippen LogP contribution in [-0.2, 0) is 13.2 Å². The number of nitrogen functional groups attached to an aromatic ring is 1. The largest absolute Gasteiger partial charge is 0.487 e. The van der Waals surface area contributed by atoms with Crippen molar-refractivity contribution in [1.29, 1.82) is 0 Å². The number of anilines is 1. The predicted octanol–water partition coefficient (Wildman–Crippen LogP) is 3.64. The molecule has 0 bridgehead atoms. The SMILES string of the molecule is CCn1nc(C)c(Cl)c1COc1cc(N)c(C)cc1C. The number of nitrogens with zero attached hydrogens (tertiary/aromatic N) is 2. The van der Waals surface area contributed by atoms with Gasteiger partial charge in [0.1, 0.15) is 12.4 Å². The minimum absolute atomic E-state index is 0.386. The van der Waals surface area contributed by atoms with Gasteiger partial charge in [-0.1, -0.05) is 17.7 Å². The molecule has 108 valence electrons. The van der Waals surface area contributed by atoms with Crippen LogP contribution < -0.4 is 10.5 Å². The maximum Gasteiger partial charge on any atom is 0.131 e. The van der Waals surface area contributed by atoms with Crippen molar-refractivity contribution < 1.29 is 4.74 Å². The first kappa shape index (κ1) is 14.7. The zero-order valence-electron chi connectivity index (χ0n) is 12.3. The van der Waals surface area contributed by atoms with Gasteiger partial charge in [-0.2, -0.15) is 5.10 Å². The first-order valence-electron chi connectivity index (χ1n) is 6.65. The number of hydrogen-bond acceptors (Lipinski definition) is 3. The molecule has 4 nitrogen and oxygen atoms in total. The number of aryl methyl sites for hydroxylation is 4. The third-order valence-corrected chi connectivity index (χ3v) is 3.87. The Morgan fingerprint density at radius 1 is 1.25 bits per heavy atom. The van der Waals surface area contributed by atoms with Gasteiger partial charge in [0.05, 0.1) is 16.4 Å². The summed E-state index contributed by atoms with van der Waals surface area (Å²) >= 11 is 6.27. The molecule has 2 aromatic rings. The lowest BCUT2D eigenvalue weighted by Crippen LogP contribution is -2.07. The number of rotatable bonds is 4. The molecule has 0 aliphatic heterocycles. The molecule has 20 heavy (non-hydrogen) atoms. The molecule has 2 N–H and O–H groups in total. The monoisotopic (exact) mass is 293 g/mol. The smallest absolute Gasteiger partial charge is 0.131 e. The molecular formula is C15H20ClN3O. The molecule has 1 aromatic carbocycles. The van der Waals surface area contributed by atoms with Gasteiger partial charge in [0.25, 0.3) is 0 Å². The maximum absolute atomic E-state index is 6.27. The van der Waals surface area contributed by atoms with E-state index in [1.54, 1.807) is 0 Å². The highest BCUT2D eigenvalue weighted by Gasteiger charge is 2.13. The van der Waals surface area contributed by atoms with Gasteiger partial charge in [0.2, 0.25) is 0 Å². The van der Waals surface area contributed by atoms with E-state index in [-0.39, 0.29) is 0 Å². The first-order chi connectivity index (χ1) is 9.43. The summed E-state index contributed by atoms with van der Waals surface area (Å²) in [6, 6.07) is 3.88. The molecule has 0 radical (unpaired) electrons. The van der Waals surface area contributed by atoms with E-state index in [9.17, 15) is 0 Å². The summed E-state index contributed by atoms with van der Waals surface area (Å²) in [7, 11) is 0. The van der Waals surface area contributed by atoms with E-state index in [2.05, 4.69) is 5.10 Å². The lowest BCUT2D eigenvalue weighted by molar-refractivity contribution is 0.291. The normalized spacial score (nSPS) is 10.8. The molecule has 0 spiro atoms. The number of hydrogen-bond donors (Lipinski definition) is 1. The van der Waals surface area contributed by atoms with Gasteiger partial charge in [0.15, 0.2) is 0 Å². The van der Waals surface area contributed by atoms with Crippen molar-refractivity contribution in [3.8, 4) is 5.75 Å². The molecule has 0 aliphatic rings. The third-order valence-electron chi connectivity index (χ3n) is 3.38. The van der Waals surface area contributed by atoms with Gasteiger partial charge in [-0.3, -0.25) is 4.68 Å². The van der Waals surface area contributed by atoms with Gasteiger partial charge in [-0.15, -0.1) is 0 Å². The molecule has 0 saturated heterocycles. The summed E-state index contributed by atoms with van der Waals surface area (Å²) in [6.07, 6.45) is 0. The Balaban J connectivity index is 2.23. The molecule has 0 saturated carbocycles. The Kier molecular flexibility index (Phi) is 4.23. The number of nitrogens with two attached hydrogens (primary N) is 1. The van der Waals surface area contributed by atoms with E-state index in [0.717, 1.165) is 40.5 Å². The molecule has 1 aromatic heterocycles. The molecule has 2 rings (SSSR count). The van der Waals surface area contributed by atoms with Crippen molar-refractivity contribution in [3.05, 3.63) is 39.7 Å². The predicted molar refractivity (Wildman–Crippen MR) is 82.3 cm³/mol. The molecule has 1 heterocycles. The Bertz CT molecular complexity index is 635. The minimum Gasteiger partial charge on any atom is -0.487 e. The lowest BCUT2D eigenvalue weighted by Gasteiger charge is -2.12. The van der Waals surface area contributed by atoms with Crippen LogP contribution in [0.15, 0.2) is 12.1 Å². The van der Waals surface area contributed by atoms with E-state index < -0.39 is 0 Å². The Morgan fingerprint density at radius 3 is 2.60 bits per heavy atom. The maximum atomic E-state index is 6.27. The molecule has 0 atom stereocenters. The molecular weight excluding hydrogens is 274 g/mol. The fourth-order valence-corrected chi connectivity index (χ4v) is 2.35. The molecule has 0 unspecified atom stereocenters. The average molecular weight is 294 g/mol. The summed E-state index contributed by atoms with van der Waals surface area (Å²) in [5, 5.41) is 5.05. The van der Waals surface area contributed by atoms with Crippen molar-refractivity contribution in [2.24, 2.45) is 0 Å². The quantitative estimate of drug-likeness (QED) is 0.876. The topological polar surface area (TPSA) is 53.1 Å². The Morgan fingerprint density at radius 2 is 1.95 bits per heavy atom.